The van der Waals surface area contributed by atoms with Crippen LogP contribution in [0.5, 0.6) is 0 Å². The van der Waals surface area contributed by atoms with Crippen LogP contribution in [0.25, 0.3) is 16.6 Å². The summed E-state index contributed by atoms with van der Waals surface area (Å²) in [5.41, 5.74) is 2.77. The minimum atomic E-state index is -0.310. The van der Waals surface area contributed by atoms with E-state index in [2.05, 4.69) is 44.6 Å². The molecule has 0 bridgehead atoms. The zero-order valence-corrected chi connectivity index (χ0v) is 14.0. The van der Waals surface area contributed by atoms with E-state index in [0.717, 1.165) is 22.3 Å². The van der Waals surface area contributed by atoms with Crippen molar-refractivity contribution in [2.24, 2.45) is 0 Å². The summed E-state index contributed by atoms with van der Waals surface area (Å²) < 4.78 is 1.58. The molecule has 0 radical (unpaired) electrons. The summed E-state index contributed by atoms with van der Waals surface area (Å²) >= 11 is 0. The Labute approximate surface area is 144 Å². The summed E-state index contributed by atoms with van der Waals surface area (Å²) in [4.78, 5) is 20.9. The highest BCUT2D eigenvalue weighted by atomic mass is 16.2. The van der Waals surface area contributed by atoms with Crippen LogP contribution >= 0.6 is 0 Å². The summed E-state index contributed by atoms with van der Waals surface area (Å²) in [6, 6.07) is 16.2. The number of carbonyl (C=O) groups excluding carboxylic acids is 1. The Kier molecular flexibility index (Phi) is 3.65. The van der Waals surface area contributed by atoms with Crippen LogP contribution in [-0.2, 0) is 6.54 Å². The number of nitrogens with zero attached hydrogens (tertiary/aromatic N) is 4. The Morgan fingerprint density at radius 2 is 1.84 bits per heavy atom. The summed E-state index contributed by atoms with van der Waals surface area (Å²) in [6.45, 7) is 4.22. The molecule has 0 fully saturated rings. The maximum atomic E-state index is 12.4. The molecule has 4 rings (SSSR count). The van der Waals surface area contributed by atoms with Crippen molar-refractivity contribution in [3.8, 4) is 0 Å². The fraction of sp³-hybridized carbons (Fsp3) is 0.158. The van der Waals surface area contributed by atoms with Gasteiger partial charge in [-0.25, -0.2) is 9.50 Å². The molecule has 25 heavy (non-hydrogen) atoms. The minimum absolute atomic E-state index is 0.127. The van der Waals surface area contributed by atoms with Crippen LogP contribution in [0.4, 0.5) is 0 Å². The molecule has 2 aromatic carbocycles. The minimum Gasteiger partial charge on any atom is -0.345 e. The number of benzene rings is 2. The Hall–Kier alpha value is -3.28. The normalized spacial score (nSPS) is 11.1. The van der Waals surface area contributed by atoms with Gasteiger partial charge in [0.2, 0.25) is 5.82 Å². The van der Waals surface area contributed by atoms with Gasteiger partial charge in [-0.15, -0.1) is 5.10 Å². The van der Waals surface area contributed by atoms with Gasteiger partial charge in [0.15, 0.2) is 0 Å². The topological polar surface area (TPSA) is 72.2 Å². The van der Waals surface area contributed by atoms with E-state index in [4.69, 9.17) is 0 Å². The first-order valence-corrected chi connectivity index (χ1v) is 8.07. The molecule has 0 spiro atoms. The molecule has 4 aromatic rings. The van der Waals surface area contributed by atoms with Crippen molar-refractivity contribution >= 4 is 22.5 Å². The average Bonchev–Trinajstić information content (AvgIpc) is 3.04. The summed E-state index contributed by atoms with van der Waals surface area (Å²) in [7, 11) is 0. The first-order valence-electron chi connectivity index (χ1n) is 8.07. The summed E-state index contributed by atoms with van der Waals surface area (Å²) in [5.74, 6) is 0.256. The molecule has 0 aliphatic rings. The molecule has 6 heteroatoms. The van der Waals surface area contributed by atoms with Crippen molar-refractivity contribution in [2.45, 2.75) is 20.4 Å². The summed E-state index contributed by atoms with van der Waals surface area (Å²) in [5, 5.41) is 9.44. The van der Waals surface area contributed by atoms with E-state index < -0.39 is 0 Å². The third-order valence-electron chi connectivity index (χ3n) is 4.09. The molecule has 124 valence electrons. The second kappa shape index (κ2) is 5.98. The first-order chi connectivity index (χ1) is 12.1. The molecular formula is C19H17N5O. The monoisotopic (exact) mass is 331 g/mol. The van der Waals surface area contributed by atoms with E-state index in [0.29, 0.717) is 12.3 Å². The van der Waals surface area contributed by atoms with Crippen LogP contribution in [0.2, 0.25) is 0 Å². The highest BCUT2D eigenvalue weighted by molar-refractivity contribution is 5.91. The third kappa shape index (κ3) is 2.94. The fourth-order valence-electron chi connectivity index (χ4n) is 2.87. The van der Waals surface area contributed by atoms with Gasteiger partial charge in [0, 0.05) is 17.9 Å². The maximum absolute atomic E-state index is 12.4. The van der Waals surface area contributed by atoms with E-state index in [9.17, 15) is 4.79 Å². The number of nitrogens with one attached hydrogen (secondary N) is 1. The van der Waals surface area contributed by atoms with E-state index in [1.54, 1.807) is 4.52 Å². The van der Waals surface area contributed by atoms with Crippen molar-refractivity contribution in [3.63, 3.8) is 0 Å². The van der Waals surface area contributed by atoms with Gasteiger partial charge in [-0.3, -0.25) is 4.79 Å². The van der Waals surface area contributed by atoms with Gasteiger partial charge in [-0.1, -0.05) is 36.4 Å². The standard InChI is InChI=1S/C19H17N5O/c1-12-9-13(2)24-19(21-12)22-17(23-24)18(25)20-11-14-7-8-15-5-3-4-6-16(15)10-14/h3-10H,11H2,1-2H3,(H,20,25). The molecule has 0 aliphatic heterocycles. The number of rotatable bonds is 3. The predicted octanol–water partition coefficient (Wildman–Crippen LogP) is 2.82. The first kappa shape index (κ1) is 15.3. The number of aryl methyl sites for hydroxylation is 2. The average molecular weight is 331 g/mol. The Morgan fingerprint density at radius 3 is 2.68 bits per heavy atom. The largest absolute Gasteiger partial charge is 0.345 e. The number of hydrogen-bond acceptors (Lipinski definition) is 4. The number of amides is 1. The number of hydrogen-bond donors (Lipinski definition) is 1. The molecule has 0 saturated heterocycles. The molecule has 0 saturated carbocycles. The second-order valence-corrected chi connectivity index (χ2v) is 6.05. The van der Waals surface area contributed by atoms with Crippen molar-refractivity contribution in [3.05, 3.63) is 71.3 Å². The molecule has 0 unspecified atom stereocenters. The Morgan fingerprint density at radius 1 is 1.04 bits per heavy atom. The van der Waals surface area contributed by atoms with Crippen molar-refractivity contribution in [1.29, 1.82) is 0 Å². The van der Waals surface area contributed by atoms with Crippen LogP contribution in [0.3, 0.4) is 0 Å². The highest BCUT2D eigenvalue weighted by Gasteiger charge is 2.14. The zero-order chi connectivity index (χ0) is 17.4. The van der Waals surface area contributed by atoms with Gasteiger partial charge < -0.3 is 5.32 Å². The van der Waals surface area contributed by atoms with Gasteiger partial charge >= 0.3 is 0 Å². The van der Waals surface area contributed by atoms with Crippen LogP contribution in [0.15, 0.2) is 48.5 Å². The van der Waals surface area contributed by atoms with Gasteiger partial charge in [0.1, 0.15) is 0 Å². The zero-order valence-electron chi connectivity index (χ0n) is 14.0. The SMILES string of the molecule is Cc1cc(C)n2nc(C(=O)NCc3ccc4ccccc4c3)nc2n1. The van der Waals surface area contributed by atoms with E-state index in [-0.39, 0.29) is 11.7 Å². The van der Waals surface area contributed by atoms with E-state index >= 15 is 0 Å². The van der Waals surface area contributed by atoms with Gasteiger partial charge in [0.05, 0.1) is 0 Å². The molecule has 2 heterocycles. The van der Waals surface area contributed by atoms with Gasteiger partial charge in [-0.2, -0.15) is 4.98 Å². The van der Waals surface area contributed by atoms with E-state index in [1.165, 1.54) is 5.39 Å². The van der Waals surface area contributed by atoms with Crippen LogP contribution in [0, 0.1) is 13.8 Å². The molecular weight excluding hydrogens is 314 g/mol. The number of carbonyl (C=O) groups is 1. The maximum Gasteiger partial charge on any atom is 0.291 e. The lowest BCUT2D eigenvalue weighted by atomic mass is 10.1. The van der Waals surface area contributed by atoms with Crippen LogP contribution in [0.1, 0.15) is 27.6 Å². The number of aromatic nitrogens is 4. The predicted molar refractivity (Wildman–Crippen MR) is 95.4 cm³/mol. The molecule has 1 amide bonds. The molecule has 6 nitrogen and oxygen atoms in total. The van der Waals surface area contributed by atoms with Gasteiger partial charge in [0.25, 0.3) is 11.7 Å². The lowest BCUT2D eigenvalue weighted by Gasteiger charge is -2.05. The second-order valence-electron chi connectivity index (χ2n) is 6.05. The quantitative estimate of drug-likeness (QED) is 0.626. The van der Waals surface area contributed by atoms with Crippen molar-refractivity contribution in [2.75, 3.05) is 0 Å². The van der Waals surface area contributed by atoms with Crippen molar-refractivity contribution < 1.29 is 4.79 Å². The summed E-state index contributed by atoms with van der Waals surface area (Å²) in [6.07, 6.45) is 0. The Balaban J connectivity index is 1.54. The Bertz CT molecular complexity index is 1100. The number of fused-ring (bicyclic) bond motifs is 2. The van der Waals surface area contributed by atoms with Gasteiger partial charge in [-0.05, 0) is 42.3 Å². The lowest BCUT2D eigenvalue weighted by molar-refractivity contribution is 0.0940. The fourth-order valence-corrected chi connectivity index (χ4v) is 2.87. The van der Waals surface area contributed by atoms with Crippen molar-refractivity contribution in [1.82, 2.24) is 24.9 Å². The molecule has 1 N–H and O–H groups in total. The van der Waals surface area contributed by atoms with Crippen LogP contribution < -0.4 is 5.32 Å². The van der Waals surface area contributed by atoms with Crippen LogP contribution in [-0.4, -0.2) is 25.5 Å². The highest BCUT2D eigenvalue weighted by Crippen LogP contribution is 2.15. The smallest absolute Gasteiger partial charge is 0.291 e. The third-order valence-corrected chi connectivity index (χ3v) is 4.09. The molecule has 2 aromatic heterocycles. The van der Waals surface area contributed by atoms with E-state index in [1.807, 2.05) is 38.1 Å². The molecule has 0 aliphatic carbocycles. The lowest BCUT2D eigenvalue weighted by Crippen LogP contribution is -2.24. The molecule has 0 atom stereocenters.